The quantitative estimate of drug-likeness (QED) is 0.688. The van der Waals surface area contributed by atoms with Gasteiger partial charge in [-0.2, -0.15) is 8.78 Å². The Bertz CT molecular complexity index is 353. The van der Waals surface area contributed by atoms with Gasteiger partial charge in [-0.25, -0.2) is 0 Å². The highest BCUT2D eigenvalue weighted by Crippen LogP contribution is 2.15. The molecule has 0 aromatic heterocycles. The predicted octanol–water partition coefficient (Wildman–Crippen LogP) is 1.12. The molecule has 0 amide bonds. The molecule has 1 rings (SSSR count). The van der Waals surface area contributed by atoms with E-state index in [1.54, 1.807) is 19.1 Å². The van der Waals surface area contributed by atoms with Gasteiger partial charge in [-0.1, -0.05) is 12.1 Å². The lowest BCUT2D eigenvalue weighted by molar-refractivity contribution is -0.0498. The van der Waals surface area contributed by atoms with E-state index < -0.39 is 12.2 Å². The summed E-state index contributed by atoms with van der Waals surface area (Å²) in [5.74, 6) is 0.0980. The highest BCUT2D eigenvalue weighted by molar-refractivity contribution is 5.27. The minimum absolute atomic E-state index is 0.0980. The van der Waals surface area contributed by atoms with Crippen molar-refractivity contribution in [3.63, 3.8) is 0 Å². The van der Waals surface area contributed by atoms with Gasteiger partial charge in [0.25, 0.3) is 0 Å². The van der Waals surface area contributed by atoms with Crippen molar-refractivity contribution in [1.29, 1.82) is 0 Å². The van der Waals surface area contributed by atoms with E-state index in [1.165, 1.54) is 12.1 Å². The molecule has 1 aromatic rings. The molecule has 0 heterocycles. The van der Waals surface area contributed by atoms with Gasteiger partial charge in [0, 0.05) is 6.54 Å². The van der Waals surface area contributed by atoms with Crippen molar-refractivity contribution >= 4 is 0 Å². The number of alkyl halides is 2. The number of benzene rings is 1. The summed E-state index contributed by atoms with van der Waals surface area (Å²) in [5, 5.41) is 21.1. The summed E-state index contributed by atoms with van der Waals surface area (Å²) in [5.41, 5.74) is 0.0720. The second-order valence-electron chi connectivity index (χ2n) is 4.25. The number of aliphatic hydroxyl groups is 2. The fraction of sp³-hybridized carbons (Fsp3) is 0.500. The van der Waals surface area contributed by atoms with E-state index in [9.17, 15) is 8.78 Å². The Morgan fingerprint density at radius 1 is 1.22 bits per heavy atom. The fourth-order valence-electron chi connectivity index (χ4n) is 1.27. The molecule has 102 valence electrons. The van der Waals surface area contributed by atoms with Crippen LogP contribution in [0.3, 0.4) is 0 Å². The van der Waals surface area contributed by atoms with Gasteiger partial charge >= 0.3 is 6.61 Å². The zero-order valence-corrected chi connectivity index (χ0v) is 10.1. The monoisotopic (exact) mass is 261 g/mol. The van der Waals surface area contributed by atoms with E-state index in [1.807, 2.05) is 0 Å². The third kappa shape index (κ3) is 4.56. The number of ether oxygens (including phenoxy) is 1. The summed E-state index contributed by atoms with van der Waals surface area (Å²) in [7, 11) is 0. The molecule has 0 unspecified atom stereocenters. The lowest BCUT2D eigenvalue weighted by atomic mass is 10.0. The van der Waals surface area contributed by atoms with Crippen LogP contribution in [0.25, 0.3) is 0 Å². The van der Waals surface area contributed by atoms with Crippen molar-refractivity contribution in [2.24, 2.45) is 0 Å². The van der Waals surface area contributed by atoms with E-state index in [-0.39, 0.29) is 19.0 Å². The first kappa shape index (κ1) is 14.8. The zero-order valence-electron chi connectivity index (χ0n) is 10.1. The van der Waals surface area contributed by atoms with Crippen molar-refractivity contribution in [2.45, 2.75) is 25.6 Å². The summed E-state index contributed by atoms with van der Waals surface area (Å²) in [6.07, 6.45) is 0. The van der Waals surface area contributed by atoms with Crippen molar-refractivity contribution < 1.29 is 23.7 Å². The normalized spacial score (nSPS) is 11.9. The van der Waals surface area contributed by atoms with Crippen LogP contribution in [0.4, 0.5) is 8.78 Å². The molecule has 0 radical (unpaired) electrons. The molecule has 1 aromatic carbocycles. The van der Waals surface area contributed by atoms with Crippen LogP contribution in [0, 0.1) is 0 Å². The second-order valence-corrected chi connectivity index (χ2v) is 4.25. The van der Waals surface area contributed by atoms with Crippen LogP contribution >= 0.6 is 0 Å². The topological polar surface area (TPSA) is 61.7 Å². The largest absolute Gasteiger partial charge is 0.435 e. The molecule has 0 fully saturated rings. The summed E-state index contributed by atoms with van der Waals surface area (Å²) < 4.78 is 28.1. The SMILES string of the molecule is CC(CO)(CO)NCc1ccc(OC(F)F)cc1. The average Bonchev–Trinajstić information content (AvgIpc) is 2.37. The Hall–Kier alpha value is -1.24. The number of aliphatic hydroxyl groups excluding tert-OH is 2. The number of nitrogens with one attached hydrogen (secondary N) is 1. The molecular formula is C12H17F2NO3. The Morgan fingerprint density at radius 2 is 1.78 bits per heavy atom. The van der Waals surface area contributed by atoms with E-state index >= 15 is 0 Å². The van der Waals surface area contributed by atoms with Crippen LogP contribution < -0.4 is 10.1 Å². The maximum atomic E-state index is 11.9. The highest BCUT2D eigenvalue weighted by atomic mass is 19.3. The van der Waals surface area contributed by atoms with Gasteiger partial charge in [-0.05, 0) is 24.6 Å². The van der Waals surface area contributed by atoms with Crippen molar-refractivity contribution in [3.8, 4) is 5.75 Å². The molecule has 0 saturated carbocycles. The molecule has 0 aliphatic carbocycles. The van der Waals surface area contributed by atoms with E-state index in [4.69, 9.17) is 10.2 Å². The van der Waals surface area contributed by atoms with Gasteiger partial charge in [0.1, 0.15) is 5.75 Å². The van der Waals surface area contributed by atoms with Crippen LogP contribution in [-0.2, 0) is 6.54 Å². The van der Waals surface area contributed by atoms with Crippen molar-refractivity contribution in [3.05, 3.63) is 29.8 Å². The van der Waals surface area contributed by atoms with Crippen molar-refractivity contribution in [1.82, 2.24) is 5.32 Å². The van der Waals surface area contributed by atoms with Crippen LogP contribution in [0.2, 0.25) is 0 Å². The molecule has 0 aliphatic heterocycles. The summed E-state index contributed by atoms with van der Waals surface area (Å²) >= 11 is 0. The molecule has 0 atom stereocenters. The van der Waals surface area contributed by atoms with Gasteiger partial charge in [0.05, 0.1) is 18.8 Å². The Balaban J connectivity index is 2.53. The molecule has 0 spiro atoms. The van der Waals surface area contributed by atoms with Crippen LogP contribution in [0.5, 0.6) is 5.75 Å². The number of hydrogen-bond acceptors (Lipinski definition) is 4. The first-order chi connectivity index (χ1) is 8.49. The van der Waals surface area contributed by atoms with Gasteiger partial charge in [-0.15, -0.1) is 0 Å². The summed E-state index contributed by atoms with van der Waals surface area (Å²) in [6, 6.07) is 6.16. The van der Waals surface area contributed by atoms with Crippen LogP contribution in [-0.4, -0.2) is 35.6 Å². The number of halogens is 2. The van der Waals surface area contributed by atoms with E-state index in [2.05, 4.69) is 10.1 Å². The minimum Gasteiger partial charge on any atom is -0.435 e. The molecule has 6 heteroatoms. The third-order valence-electron chi connectivity index (χ3n) is 2.57. The smallest absolute Gasteiger partial charge is 0.387 e. The second kappa shape index (κ2) is 6.63. The van der Waals surface area contributed by atoms with Crippen molar-refractivity contribution in [2.75, 3.05) is 13.2 Å². The molecule has 0 saturated heterocycles. The van der Waals surface area contributed by atoms with Gasteiger partial charge < -0.3 is 20.3 Å². The first-order valence-electron chi connectivity index (χ1n) is 5.49. The minimum atomic E-state index is -2.83. The molecule has 3 N–H and O–H groups in total. The molecule has 0 bridgehead atoms. The molecule has 4 nitrogen and oxygen atoms in total. The summed E-state index contributed by atoms with van der Waals surface area (Å²) in [4.78, 5) is 0. The maximum absolute atomic E-state index is 11.9. The summed E-state index contributed by atoms with van der Waals surface area (Å²) in [6.45, 7) is -1.14. The standard InChI is InChI=1S/C12H17F2NO3/c1-12(7-16,8-17)15-6-9-2-4-10(5-3-9)18-11(13)14/h2-5,11,15-17H,6-8H2,1H3. The Labute approximate surface area is 104 Å². The average molecular weight is 261 g/mol. The van der Waals surface area contributed by atoms with Gasteiger partial charge in [0.15, 0.2) is 0 Å². The highest BCUT2D eigenvalue weighted by Gasteiger charge is 2.20. The first-order valence-corrected chi connectivity index (χ1v) is 5.49. The van der Waals surface area contributed by atoms with E-state index in [0.717, 1.165) is 5.56 Å². The maximum Gasteiger partial charge on any atom is 0.387 e. The van der Waals surface area contributed by atoms with Crippen LogP contribution in [0.1, 0.15) is 12.5 Å². The molecule has 0 aliphatic rings. The number of rotatable bonds is 7. The number of hydrogen-bond donors (Lipinski definition) is 3. The van der Waals surface area contributed by atoms with Gasteiger partial charge in [0.2, 0.25) is 0 Å². The fourth-order valence-corrected chi connectivity index (χ4v) is 1.27. The predicted molar refractivity (Wildman–Crippen MR) is 62.5 cm³/mol. The lowest BCUT2D eigenvalue weighted by Crippen LogP contribution is -2.48. The lowest BCUT2D eigenvalue weighted by Gasteiger charge is -2.26. The van der Waals surface area contributed by atoms with E-state index in [0.29, 0.717) is 6.54 Å². The Kier molecular flexibility index (Phi) is 5.46. The molecular weight excluding hydrogens is 244 g/mol. The molecule has 18 heavy (non-hydrogen) atoms. The third-order valence-corrected chi connectivity index (χ3v) is 2.57. The Morgan fingerprint density at radius 3 is 2.22 bits per heavy atom. The van der Waals surface area contributed by atoms with Crippen LogP contribution in [0.15, 0.2) is 24.3 Å². The van der Waals surface area contributed by atoms with Gasteiger partial charge in [-0.3, -0.25) is 0 Å². The zero-order chi connectivity index (χ0) is 13.6.